The molecule has 0 rings (SSSR count). The Bertz CT molecular complexity index is 1040. The van der Waals surface area contributed by atoms with E-state index >= 15 is 0 Å². The fourth-order valence-electron chi connectivity index (χ4n) is 9.34. The van der Waals surface area contributed by atoms with Crippen molar-refractivity contribution in [1.29, 1.82) is 0 Å². The van der Waals surface area contributed by atoms with E-state index in [4.69, 9.17) is 4.74 Å². The van der Waals surface area contributed by atoms with Gasteiger partial charge in [-0.15, -0.1) is 0 Å². The van der Waals surface area contributed by atoms with Crippen molar-refractivity contribution in [2.24, 2.45) is 0 Å². The molecular weight excluding hydrogens is 827 g/mol. The van der Waals surface area contributed by atoms with E-state index in [0.717, 1.165) is 38.5 Å². The molecule has 6 nitrogen and oxygen atoms in total. The summed E-state index contributed by atoms with van der Waals surface area (Å²) < 4.78 is 5.48. The Hall–Kier alpha value is -1.66. The molecule has 0 spiro atoms. The summed E-state index contributed by atoms with van der Waals surface area (Å²) in [6, 6.07) is -0.626. The number of nitrogens with one attached hydrogen (secondary N) is 1. The highest BCUT2D eigenvalue weighted by Crippen LogP contribution is 2.17. The lowest BCUT2D eigenvalue weighted by atomic mass is 10.0. The van der Waals surface area contributed by atoms with Crippen LogP contribution in [0.2, 0.25) is 0 Å². The van der Waals surface area contributed by atoms with Gasteiger partial charge in [0.15, 0.2) is 0 Å². The lowest BCUT2D eigenvalue weighted by Gasteiger charge is -2.20. The number of carbonyl (C=O) groups is 2. The van der Waals surface area contributed by atoms with Gasteiger partial charge in [-0.1, -0.05) is 282 Å². The van der Waals surface area contributed by atoms with Crippen LogP contribution in [0.25, 0.3) is 0 Å². The van der Waals surface area contributed by atoms with Crippen molar-refractivity contribution >= 4 is 11.9 Å². The molecule has 0 aliphatic heterocycles. The van der Waals surface area contributed by atoms with E-state index in [9.17, 15) is 19.8 Å². The lowest BCUT2D eigenvalue weighted by Crippen LogP contribution is -2.45. The van der Waals surface area contributed by atoms with E-state index in [-0.39, 0.29) is 18.5 Å². The zero-order valence-electron chi connectivity index (χ0n) is 45.1. The third-order valence-electron chi connectivity index (χ3n) is 14.0. The average molecular weight is 945 g/mol. The number of esters is 1. The minimum Gasteiger partial charge on any atom is -0.466 e. The molecular formula is C61H117NO5. The fraction of sp³-hybridized carbons (Fsp3) is 0.902. The molecule has 0 bridgehead atoms. The Kier molecular flexibility index (Phi) is 55.5. The zero-order chi connectivity index (χ0) is 48.6. The normalized spacial score (nSPS) is 12.7. The molecule has 396 valence electrons. The molecule has 0 aromatic carbocycles. The summed E-state index contributed by atoms with van der Waals surface area (Å²) in [4.78, 5) is 24.4. The first kappa shape index (κ1) is 65.3. The first-order valence-electron chi connectivity index (χ1n) is 30.1. The fourth-order valence-corrected chi connectivity index (χ4v) is 9.34. The molecule has 0 aromatic rings. The SMILES string of the molecule is CCCCCCCCC/C=C/C(O)C(CO)NC(=O)CCCCCCCCCCCCC/C=C\CCCCCCCCCCCCCCOC(=O)CCCCCCCCCCCCCCCC. The molecule has 3 N–H and O–H groups in total. The van der Waals surface area contributed by atoms with E-state index in [0.29, 0.717) is 19.4 Å². The molecule has 1 amide bonds. The van der Waals surface area contributed by atoms with Crippen LogP contribution in [0.5, 0.6) is 0 Å². The van der Waals surface area contributed by atoms with Gasteiger partial charge in [0.25, 0.3) is 0 Å². The van der Waals surface area contributed by atoms with Crippen LogP contribution in [-0.4, -0.2) is 47.4 Å². The molecule has 0 aliphatic rings. The van der Waals surface area contributed by atoms with Crippen molar-refractivity contribution in [3.05, 3.63) is 24.3 Å². The van der Waals surface area contributed by atoms with Crippen molar-refractivity contribution in [3.8, 4) is 0 Å². The van der Waals surface area contributed by atoms with Crippen LogP contribution >= 0.6 is 0 Å². The molecule has 0 radical (unpaired) electrons. The van der Waals surface area contributed by atoms with E-state index in [2.05, 4.69) is 31.3 Å². The van der Waals surface area contributed by atoms with Crippen LogP contribution in [0.15, 0.2) is 24.3 Å². The number of aliphatic hydroxyl groups is 2. The number of ether oxygens (including phenoxy) is 1. The largest absolute Gasteiger partial charge is 0.466 e. The lowest BCUT2D eigenvalue weighted by molar-refractivity contribution is -0.143. The van der Waals surface area contributed by atoms with Crippen molar-refractivity contribution < 1.29 is 24.5 Å². The van der Waals surface area contributed by atoms with Gasteiger partial charge in [-0.05, 0) is 57.8 Å². The van der Waals surface area contributed by atoms with Crippen molar-refractivity contribution in [2.45, 2.75) is 341 Å². The van der Waals surface area contributed by atoms with E-state index in [1.165, 1.54) is 263 Å². The van der Waals surface area contributed by atoms with Gasteiger partial charge in [-0.25, -0.2) is 0 Å². The summed E-state index contributed by atoms with van der Waals surface area (Å²) in [5, 5.41) is 22.9. The van der Waals surface area contributed by atoms with Gasteiger partial charge in [-0.2, -0.15) is 0 Å². The van der Waals surface area contributed by atoms with Crippen LogP contribution in [0, 0.1) is 0 Å². The topological polar surface area (TPSA) is 95.9 Å². The average Bonchev–Trinajstić information content (AvgIpc) is 3.33. The molecule has 0 heterocycles. The van der Waals surface area contributed by atoms with Gasteiger partial charge >= 0.3 is 5.97 Å². The Labute approximate surface area is 418 Å². The van der Waals surface area contributed by atoms with Crippen molar-refractivity contribution in [3.63, 3.8) is 0 Å². The quantitative estimate of drug-likeness (QED) is 0.0321. The first-order valence-corrected chi connectivity index (χ1v) is 30.1. The second-order valence-electron chi connectivity index (χ2n) is 20.7. The zero-order valence-corrected chi connectivity index (χ0v) is 45.1. The van der Waals surface area contributed by atoms with Crippen LogP contribution < -0.4 is 5.32 Å². The maximum atomic E-state index is 12.4. The monoisotopic (exact) mass is 944 g/mol. The Balaban J connectivity index is 3.36. The predicted octanol–water partition coefficient (Wildman–Crippen LogP) is 18.6. The van der Waals surface area contributed by atoms with Crippen LogP contribution in [-0.2, 0) is 14.3 Å². The Morgan fingerprint density at radius 1 is 0.403 bits per heavy atom. The molecule has 2 atom stereocenters. The Morgan fingerprint density at radius 2 is 0.701 bits per heavy atom. The number of allylic oxidation sites excluding steroid dienone is 3. The number of hydrogen-bond donors (Lipinski definition) is 3. The van der Waals surface area contributed by atoms with Gasteiger partial charge in [-0.3, -0.25) is 9.59 Å². The predicted molar refractivity (Wildman–Crippen MR) is 292 cm³/mol. The summed E-state index contributed by atoms with van der Waals surface area (Å²) in [6.07, 6.45) is 69.4. The van der Waals surface area contributed by atoms with E-state index < -0.39 is 12.1 Å². The number of amides is 1. The van der Waals surface area contributed by atoms with Crippen molar-refractivity contribution in [1.82, 2.24) is 5.32 Å². The summed E-state index contributed by atoms with van der Waals surface area (Å²) in [5.41, 5.74) is 0. The molecule has 0 fully saturated rings. The van der Waals surface area contributed by atoms with E-state index in [1.807, 2.05) is 6.08 Å². The van der Waals surface area contributed by atoms with Gasteiger partial charge in [0, 0.05) is 12.8 Å². The standard InChI is InChI=1S/C61H117NO5/c1-3-5-7-9-11-13-14-15-32-35-39-43-47-51-55-61(66)67-56-52-48-44-40-36-33-30-28-26-24-22-20-18-16-17-19-21-23-25-27-29-31-34-38-42-46-50-54-60(65)62-58(57-63)59(64)53-49-45-41-37-12-10-8-6-4-2/h16-17,49,53,58-59,63-64H,3-15,18-48,50-52,54-57H2,1-2H3,(H,62,65)/b17-16-,53-49+. The first-order chi connectivity index (χ1) is 33.0. The molecule has 0 saturated carbocycles. The summed E-state index contributed by atoms with van der Waals surface area (Å²) in [5.74, 6) is -0.0539. The third-order valence-corrected chi connectivity index (χ3v) is 14.0. The summed E-state index contributed by atoms with van der Waals surface area (Å²) >= 11 is 0. The van der Waals surface area contributed by atoms with Gasteiger partial charge in [0.2, 0.25) is 5.91 Å². The molecule has 0 aliphatic carbocycles. The molecule has 2 unspecified atom stereocenters. The third kappa shape index (κ3) is 53.5. The molecule has 0 saturated heterocycles. The molecule has 67 heavy (non-hydrogen) atoms. The number of aliphatic hydroxyl groups excluding tert-OH is 2. The van der Waals surface area contributed by atoms with Crippen LogP contribution in [0.3, 0.4) is 0 Å². The van der Waals surface area contributed by atoms with E-state index in [1.54, 1.807) is 6.08 Å². The summed E-state index contributed by atoms with van der Waals surface area (Å²) in [7, 11) is 0. The number of carbonyl (C=O) groups excluding carboxylic acids is 2. The van der Waals surface area contributed by atoms with Crippen LogP contribution in [0.4, 0.5) is 0 Å². The van der Waals surface area contributed by atoms with Gasteiger partial charge in [0.1, 0.15) is 0 Å². The highest BCUT2D eigenvalue weighted by molar-refractivity contribution is 5.76. The molecule has 0 aromatic heterocycles. The minimum atomic E-state index is -0.842. The second-order valence-corrected chi connectivity index (χ2v) is 20.7. The van der Waals surface area contributed by atoms with Crippen molar-refractivity contribution in [2.75, 3.05) is 13.2 Å². The molecule has 6 heteroatoms. The van der Waals surface area contributed by atoms with Crippen LogP contribution in [0.1, 0.15) is 328 Å². The number of rotatable bonds is 56. The number of unbranched alkanes of at least 4 members (excludes halogenated alkanes) is 43. The highest BCUT2D eigenvalue weighted by Gasteiger charge is 2.18. The van der Waals surface area contributed by atoms with Gasteiger partial charge in [0.05, 0.1) is 25.4 Å². The smallest absolute Gasteiger partial charge is 0.305 e. The highest BCUT2D eigenvalue weighted by atomic mass is 16.5. The minimum absolute atomic E-state index is 0.0170. The Morgan fingerprint density at radius 3 is 1.06 bits per heavy atom. The maximum absolute atomic E-state index is 12.4. The number of hydrogen-bond acceptors (Lipinski definition) is 5. The second kappa shape index (κ2) is 56.9. The summed E-state index contributed by atoms with van der Waals surface area (Å²) in [6.45, 7) is 4.89. The maximum Gasteiger partial charge on any atom is 0.305 e. The van der Waals surface area contributed by atoms with Gasteiger partial charge < -0.3 is 20.3 Å².